The van der Waals surface area contributed by atoms with Crippen LogP contribution in [-0.2, 0) is 6.54 Å². The van der Waals surface area contributed by atoms with Gasteiger partial charge in [0.25, 0.3) is 0 Å². The van der Waals surface area contributed by atoms with Crippen LogP contribution in [0.4, 0.5) is 5.82 Å². The first-order valence-corrected chi connectivity index (χ1v) is 12.7. The maximum absolute atomic E-state index is 5.54. The van der Waals surface area contributed by atoms with Crippen molar-refractivity contribution >= 4 is 27.4 Å². The summed E-state index contributed by atoms with van der Waals surface area (Å²) in [5.41, 5.74) is 3.19. The van der Waals surface area contributed by atoms with Crippen molar-refractivity contribution in [2.24, 2.45) is 0 Å². The highest BCUT2D eigenvalue weighted by atomic mass is 16.5. The molecule has 4 aromatic carbocycles. The molecule has 5 aromatic rings. The van der Waals surface area contributed by atoms with Gasteiger partial charge in [-0.05, 0) is 71.3 Å². The Morgan fingerprint density at radius 2 is 1.59 bits per heavy atom. The molecule has 0 saturated carbocycles. The highest BCUT2D eigenvalue weighted by molar-refractivity contribution is 6.00. The Morgan fingerprint density at radius 3 is 2.41 bits per heavy atom. The summed E-state index contributed by atoms with van der Waals surface area (Å²) < 4.78 is 10.9. The minimum atomic E-state index is 0.302. The first-order valence-electron chi connectivity index (χ1n) is 12.7. The minimum absolute atomic E-state index is 0.302. The molecule has 1 aliphatic rings. The fourth-order valence-corrected chi connectivity index (χ4v) is 5.21. The molecule has 0 spiro atoms. The van der Waals surface area contributed by atoms with Crippen molar-refractivity contribution in [3.63, 3.8) is 0 Å². The molecule has 1 aromatic heterocycles. The zero-order chi connectivity index (χ0) is 25.2. The second-order valence-electron chi connectivity index (χ2n) is 9.58. The zero-order valence-corrected chi connectivity index (χ0v) is 21.1. The van der Waals surface area contributed by atoms with Crippen molar-refractivity contribution in [1.82, 2.24) is 15.1 Å². The van der Waals surface area contributed by atoms with Crippen molar-refractivity contribution in [1.29, 1.82) is 0 Å². The Balaban J connectivity index is 1.23. The Labute approximate surface area is 216 Å². The van der Waals surface area contributed by atoms with Gasteiger partial charge in [-0.3, -0.25) is 4.90 Å². The molecule has 37 heavy (non-hydrogen) atoms. The monoisotopic (exact) mass is 490 g/mol. The molecule has 1 aliphatic heterocycles. The van der Waals surface area contributed by atoms with Crippen LogP contribution in [0.1, 0.15) is 12.0 Å². The number of hydrogen-bond donors (Lipinski definition) is 1. The standard InChI is InChI=1S/C31H30N4O2/c1-36-26-11-9-23(10-12-26)30-28-14-13-27(37-2)18-29(28)31(34-33-30)32-25-15-16-35(20-25)19-21-7-8-22-5-3-4-6-24(22)17-21/h3-14,17-18,25H,15-16,19-20H2,1-2H3,(H,32,34). The lowest BCUT2D eigenvalue weighted by Gasteiger charge is -2.18. The first kappa shape index (κ1) is 23.3. The predicted molar refractivity (Wildman–Crippen MR) is 149 cm³/mol. The molecule has 186 valence electrons. The number of aromatic nitrogens is 2. The maximum atomic E-state index is 5.54. The molecular weight excluding hydrogens is 460 g/mol. The van der Waals surface area contributed by atoms with Gasteiger partial charge in [-0.1, -0.05) is 36.4 Å². The van der Waals surface area contributed by atoms with Crippen molar-refractivity contribution in [3.8, 4) is 22.8 Å². The van der Waals surface area contributed by atoms with Crippen LogP contribution in [0.15, 0.2) is 84.9 Å². The van der Waals surface area contributed by atoms with Crippen LogP contribution in [0.5, 0.6) is 11.5 Å². The summed E-state index contributed by atoms with van der Waals surface area (Å²) in [6, 6.07) is 29.6. The highest BCUT2D eigenvalue weighted by Gasteiger charge is 2.24. The van der Waals surface area contributed by atoms with Crippen LogP contribution in [-0.4, -0.2) is 48.4 Å². The third-order valence-electron chi connectivity index (χ3n) is 7.18. The molecule has 1 fully saturated rings. The normalized spacial score (nSPS) is 15.8. The third kappa shape index (κ3) is 4.80. The number of nitrogens with one attached hydrogen (secondary N) is 1. The molecule has 0 bridgehead atoms. The number of methoxy groups -OCH3 is 2. The average Bonchev–Trinajstić information content (AvgIpc) is 3.39. The zero-order valence-electron chi connectivity index (χ0n) is 21.1. The van der Waals surface area contributed by atoms with Gasteiger partial charge in [0.2, 0.25) is 0 Å². The van der Waals surface area contributed by atoms with E-state index in [4.69, 9.17) is 9.47 Å². The summed E-state index contributed by atoms with van der Waals surface area (Å²) in [5.74, 6) is 2.41. The SMILES string of the molecule is COc1ccc(-c2nnc(NC3CCN(Cc4ccc5ccccc5c4)C3)c3cc(OC)ccc23)cc1. The van der Waals surface area contributed by atoms with E-state index in [1.165, 1.54) is 16.3 Å². The lowest BCUT2D eigenvalue weighted by Crippen LogP contribution is -2.26. The molecule has 1 saturated heterocycles. The van der Waals surface area contributed by atoms with Gasteiger partial charge in [0, 0.05) is 42.0 Å². The summed E-state index contributed by atoms with van der Waals surface area (Å²) in [5, 5.41) is 17.6. The second-order valence-corrected chi connectivity index (χ2v) is 9.58. The number of benzene rings is 4. The molecule has 0 radical (unpaired) electrons. The van der Waals surface area contributed by atoms with Crippen LogP contribution in [0.2, 0.25) is 0 Å². The van der Waals surface area contributed by atoms with Gasteiger partial charge in [0.05, 0.1) is 14.2 Å². The van der Waals surface area contributed by atoms with Crippen LogP contribution in [0, 0.1) is 0 Å². The number of likely N-dealkylation sites (tertiary alicyclic amines) is 1. The number of nitrogens with zero attached hydrogens (tertiary/aromatic N) is 3. The van der Waals surface area contributed by atoms with Gasteiger partial charge in [0.15, 0.2) is 5.82 Å². The Morgan fingerprint density at radius 1 is 0.811 bits per heavy atom. The van der Waals surface area contributed by atoms with E-state index in [-0.39, 0.29) is 0 Å². The number of fused-ring (bicyclic) bond motifs is 2. The van der Waals surface area contributed by atoms with Gasteiger partial charge >= 0.3 is 0 Å². The van der Waals surface area contributed by atoms with Crippen LogP contribution in [0.3, 0.4) is 0 Å². The third-order valence-corrected chi connectivity index (χ3v) is 7.18. The minimum Gasteiger partial charge on any atom is -0.497 e. The van der Waals surface area contributed by atoms with Gasteiger partial charge in [-0.15, -0.1) is 10.2 Å². The van der Waals surface area contributed by atoms with E-state index in [1.807, 2.05) is 36.4 Å². The van der Waals surface area contributed by atoms with E-state index in [0.29, 0.717) is 6.04 Å². The summed E-state index contributed by atoms with van der Waals surface area (Å²) >= 11 is 0. The van der Waals surface area contributed by atoms with Crippen molar-refractivity contribution in [3.05, 3.63) is 90.5 Å². The lowest BCUT2D eigenvalue weighted by molar-refractivity contribution is 0.329. The van der Waals surface area contributed by atoms with Crippen molar-refractivity contribution in [2.75, 3.05) is 32.6 Å². The maximum Gasteiger partial charge on any atom is 0.157 e. The van der Waals surface area contributed by atoms with E-state index >= 15 is 0 Å². The van der Waals surface area contributed by atoms with E-state index in [2.05, 4.69) is 68.9 Å². The topological polar surface area (TPSA) is 59.5 Å². The van der Waals surface area contributed by atoms with E-state index in [1.54, 1.807) is 14.2 Å². The van der Waals surface area contributed by atoms with E-state index < -0.39 is 0 Å². The summed E-state index contributed by atoms with van der Waals surface area (Å²) in [6.45, 7) is 2.95. The van der Waals surface area contributed by atoms with Crippen LogP contribution in [0.25, 0.3) is 32.8 Å². The van der Waals surface area contributed by atoms with E-state index in [9.17, 15) is 0 Å². The number of ether oxygens (including phenoxy) is 2. The summed E-state index contributed by atoms with van der Waals surface area (Å²) in [4.78, 5) is 2.50. The molecule has 0 amide bonds. The quantitative estimate of drug-likeness (QED) is 0.295. The molecule has 1 N–H and O–H groups in total. The Hall–Kier alpha value is -4.16. The first-order chi connectivity index (χ1) is 18.2. The number of anilines is 1. The molecule has 2 heterocycles. The van der Waals surface area contributed by atoms with Gasteiger partial charge in [0.1, 0.15) is 17.2 Å². The fourth-order valence-electron chi connectivity index (χ4n) is 5.21. The average molecular weight is 491 g/mol. The lowest BCUT2D eigenvalue weighted by atomic mass is 10.0. The predicted octanol–water partition coefficient (Wildman–Crippen LogP) is 6.15. The van der Waals surface area contributed by atoms with Crippen LogP contribution < -0.4 is 14.8 Å². The molecule has 6 rings (SSSR count). The molecule has 6 heteroatoms. The Kier molecular flexibility index (Phi) is 6.33. The summed E-state index contributed by atoms with van der Waals surface area (Å²) in [6.07, 6.45) is 1.06. The van der Waals surface area contributed by atoms with Crippen molar-refractivity contribution in [2.45, 2.75) is 19.0 Å². The molecular formula is C31H30N4O2. The second kappa shape index (κ2) is 10.1. The van der Waals surface area contributed by atoms with Gasteiger partial charge in [-0.2, -0.15) is 0 Å². The number of rotatable bonds is 7. The van der Waals surface area contributed by atoms with E-state index in [0.717, 1.165) is 65.4 Å². The molecule has 1 atom stereocenters. The molecule has 6 nitrogen and oxygen atoms in total. The van der Waals surface area contributed by atoms with Crippen molar-refractivity contribution < 1.29 is 9.47 Å². The molecule has 0 aliphatic carbocycles. The number of hydrogen-bond acceptors (Lipinski definition) is 6. The van der Waals surface area contributed by atoms with Gasteiger partial charge < -0.3 is 14.8 Å². The fraction of sp³-hybridized carbons (Fsp3) is 0.226. The Bertz CT molecular complexity index is 1550. The largest absolute Gasteiger partial charge is 0.497 e. The molecule has 1 unspecified atom stereocenters. The smallest absolute Gasteiger partial charge is 0.157 e. The van der Waals surface area contributed by atoms with Crippen LogP contribution >= 0.6 is 0 Å². The van der Waals surface area contributed by atoms with Gasteiger partial charge in [-0.25, -0.2) is 0 Å². The highest BCUT2D eigenvalue weighted by Crippen LogP contribution is 2.34. The summed E-state index contributed by atoms with van der Waals surface area (Å²) in [7, 11) is 3.36.